The molecule has 0 amide bonds. The molecule has 2 fully saturated rings. The van der Waals surface area contributed by atoms with E-state index >= 15 is 0 Å². The minimum Gasteiger partial charge on any atom is -0.481 e. The van der Waals surface area contributed by atoms with Gasteiger partial charge in [0.05, 0.1) is 7.11 Å². The van der Waals surface area contributed by atoms with E-state index in [0.717, 1.165) is 24.3 Å². The Balaban J connectivity index is 1.66. The third kappa shape index (κ3) is 2.42. The lowest BCUT2D eigenvalue weighted by Gasteiger charge is -2.57. The molecule has 110 valence electrons. The van der Waals surface area contributed by atoms with Gasteiger partial charge in [0.2, 0.25) is 5.88 Å². The van der Waals surface area contributed by atoms with Crippen LogP contribution in [-0.2, 0) is 6.54 Å². The summed E-state index contributed by atoms with van der Waals surface area (Å²) >= 11 is 0. The maximum absolute atomic E-state index is 5.18. The molecule has 0 aromatic carbocycles. The predicted octanol–water partition coefficient (Wildman–Crippen LogP) is 2.07. The van der Waals surface area contributed by atoms with Crippen molar-refractivity contribution < 1.29 is 4.74 Å². The Morgan fingerprint density at radius 1 is 1.30 bits per heavy atom. The van der Waals surface area contributed by atoms with Crippen molar-refractivity contribution in [1.29, 1.82) is 0 Å². The quantitative estimate of drug-likeness (QED) is 0.841. The van der Waals surface area contributed by atoms with E-state index in [0.29, 0.717) is 11.9 Å². The smallest absolute Gasteiger partial charge is 0.213 e. The Labute approximate surface area is 121 Å². The van der Waals surface area contributed by atoms with E-state index in [4.69, 9.17) is 4.74 Å². The summed E-state index contributed by atoms with van der Waals surface area (Å²) in [5, 5.41) is 0. The van der Waals surface area contributed by atoms with E-state index in [1.54, 1.807) is 7.11 Å². The second-order valence-electron chi connectivity index (χ2n) is 6.36. The molecule has 2 atom stereocenters. The maximum Gasteiger partial charge on any atom is 0.213 e. The first-order valence-corrected chi connectivity index (χ1v) is 7.58. The average molecular weight is 275 g/mol. The molecule has 4 nitrogen and oxygen atoms in total. The molecule has 20 heavy (non-hydrogen) atoms. The fraction of sp³-hybridized carbons (Fsp3) is 0.688. The summed E-state index contributed by atoms with van der Waals surface area (Å²) in [6.07, 6.45) is 1.37. The predicted molar refractivity (Wildman–Crippen MR) is 80.0 cm³/mol. The van der Waals surface area contributed by atoms with Gasteiger partial charge in [-0.2, -0.15) is 0 Å². The van der Waals surface area contributed by atoms with E-state index in [1.807, 2.05) is 6.07 Å². The van der Waals surface area contributed by atoms with Crippen LogP contribution >= 0.6 is 0 Å². The standard InChI is InChI=1S/C16H25N3O/c1-11(2)18-9-14-7-15(10-18)19(14)8-13-5-6-16(20-4)17-12(13)3/h5-6,11,14-15H,7-10H2,1-4H3. The van der Waals surface area contributed by atoms with Crippen LogP contribution in [0.1, 0.15) is 31.5 Å². The number of rotatable bonds is 4. The zero-order valence-electron chi connectivity index (χ0n) is 13.0. The number of hydrogen-bond acceptors (Lipinski definition) is 4. The lowest BCUT2D eigenvalue weighted by Crippen LogP contribution is -2.68. The van der Waals surface area contributed by atoms with Gasteiger partial charge in [-0.05, 0) is 32.8 Å². The van der Waals surface area contributed by atoms with Gasteiger partial charge < -0.3 is 4.74 Å². The fourth-order valence-electron chi connectivity index (χ4n) is 3.44. The minimum atomic E-state index is 0.673. The SMILES string of the molecule is COc1ccc(CN2C3CC2CN(C(C)C)C3)c(C)n1. The van der Waals surface area contributed by atoms with Crippen LogP contribution in [-0.4, -0.2) is 53.1 Å². The van der Waals surface area contributed by atoms with E-state index < -0.39 is 0 Å². The fourth-order valence-corrected chi connectivity index (χ4v) is 3.44. The van der Waals surface area contributed by atoms with Crippen molar-refractivity contribution in [2.45, 2.75) is 51.9 Å². The number of piperidine rings is 1. The van der Waals surface area contributed by atoms with Crippen molar-refractivity contribution in [2.24, 2.45) is 0 Å². The molecule has 3 heterocycles. The molecule has 1 aromatic heterocycles. The van der Waals surface area contributed by atoms with Gasteiger partial charge in [-0.15, -0.1) is 0 Å². The summed E-state index contributed by atoms with van der Waals surface area (Å²) in [6, 6.07) is 6.27. The second kappa shape index (κ2) is 5.34. The van der Waals surface area contributed by atoms with Gasteiger partial charge >= 0.3 is 0 Å². The van der Waals surface area contributed by atoms with Crippen LogP contribution in [0.5, 0.6) is 5.88 Å². The zero-order chi connectivity index (χ0) is 14.3. The maximum atomic E-state index is 5.18. The molecule has 0 saturated carbocycles. The molecule has 0 aliphatic carbocycles. The molecule has 0 N–H and O–H groups in total. The highest BCUT2D eigenvalue weighted by atomic mass is 16.5. The number of ether oxygens (including phenoxy) is 1. The molecule has 1 aromatic rings. The Morgan fingerprint density at radius 2 is 2.00 bits per heavy atom. The van der Waals surface area contributed by atoms with Gasteiger partial charge in [0.1, 0.15) is 0 Å². The largest absolute Gasteiger partial charge is 0.481 e. The number of methoxy groups -OCH3 is 1. The highest BCUT2D eigenvalue weighted by Gasteiger charge is 2.44. The second-order valence-corrected chi connectivity index (χ2v) is 6.36. The van der Waals surface area contributed by atoms with E-state index in [9.17, 15) is 0 Å². The summed E-state index contributed by atoms with van der Waals surface area (Å²) in [5.41, 5.74) is 2.42. The molecule has 2 aliphatic heterocycles. The summed E-state index contributed by atoms with van der Waals surface area (Å²) < 4.78 is 5.18. The molecular weight excluding hydrogens is 250 g/mol. The molecule has 0 spiro atoms. The Bertz CT molecular complexity index is 477. The van der Waals surface area contributed by atoms with Crippen molar-refractivity contribution in [3.05, 3.63) is 23.4 Å². The van der Waals surface area contributed by atoms with Gasteiger partial charge in [0.15, 0.2) is 0 Å². The van der Waals surface area contributed by atoms with Crippen molar-refractivity contribution in [3.63, 3.8) is 0 Å². The number of aryl methyl sites for hydroxylation is 1. The third-order valence-corrected chi connectivity index (χ3v) is 4.83. The number of fused-ring (bicyclic) bond motifs is 2. The molecule has 2 aliphatic rings. The van der Waals surface area contributed by atoms with E-state index in [2.05, 4.69) is 41.6 Å². The van der Waals surface area contributed by atoms with Gasteiger partial charge in [-0.1, -0.05) is 6.07 Å². The van der Waals surface area contributed by atoms with Crippen LogP contribution in [0.4, 0.5) is 0 Å². The monoisotopic (exact) mass is 275 g/mol. The number of pyridine rings is 1. The van der Waals surface area contributed by atoms with Gasteiger partial charge in [-0.25, -0.2) is 4.98 Å². The number of piperazine rings is 1. The normalized spacial score (nSPS) is 26.6. The van der Waals surface area contributed by atoms with E-state index in [-0.39, 0.29) is 0 Å². The zero-order valence-corrected chi connectivity index (χ0v) is 13.0. The van der Waals surface area contributed by atoms with Crippen molar-refractivity contribution in [3.8, 4) is 5.88 Å². The minimum absolute atomic E-state index is 0.673. The topological polar surface area (TPSA) is 28.6 Å². The Kier molecular flexibility index (Phi) is 3.69. The van der Waals surface area contributed by atoms with Gasteiger partial charge in [0.25, 0.3) is 0 Å². The molecule has 4 heteroatoms. The number of hydrogen-bond donors (Lipinski definition) is 0. The number of likely N-dealkylation sites (tertiary alicyclic amines) is 2. The van der Waals surface area contributed by atoms with Gasteiger partial charge in [0, 0.05) is 49.5 Å². The molecule has 3 rings (SSSR count). The molecule has 2 saturated heterocycles. The van der Waals surface area contributed by atoms with Crippen LogP contribution in [0, 0.1) is 6.92 Å². The van der Waals surface area contributed by atoms with Crippen molar-refractivity contribution >= 4 is 0 Å². The van der Waals surface area contributed by atoms with Crippen molar-refractivity contribution in [1.82, 2.24) is 14.8 Å². The van der Waals surface area contributed by atoms with Crippen molar-refractivity contribution in [2.75, 3.05) is 20.2 Å². The number of aromatic nitrogens is 1. The Morgan fingerprint density at radius 3 is 2.55 bits per heavy atom. The summed E-state index contributed by atoms with van der Waals surface area (Å²) in [5.74, 6) is 0.709. The van der Waals surface area contributed by atoms with Crippen LogP contribution in [0.2, 0.25) is 0 Å². The molecule has 0 radical (unpaired) electrons. The van der Waals surface area contributed by atoms with Crippen LogP contribution in [0.25, 0.3) is 0 Å². The summed E-state index contributed by atoms with van der Waals surface area (Å²) in [7, 11) is 1.67. The first-order chi connectivity index (χ1) is 9.58. The molecular formula is C16H25N3O. The first-order valence-electron chi connectivity index (χ1n) is 7.58. The summed E-state index contributed by atoms with van der Waals surface area (Å²) in [6.45, 7) is 10.1. The highest BCUT2D eigenvalue weighted by Crippen LogP contribution is 2.34. The Hall–Kier alpha value is -1.13. The molecule has 2 bridgehead atoms. The van der Waals surface area contributed by atoms with Crippen LogP contribution in [0.3, 0.4) is 0 Å². The average Bonchev–Trinajstić information content (AvgIpc) is 2.45. The van der Waals surface area contributed by atoms with Gasteiger partial charge in [-0.3, -0.25) is 9.80 Å². The third-order valence-electron chi connectivity index (χ3n) is 4.83. The van der Waals surface area contributed by atoms with E-state index in [1.165, 1.54) is 25.1 Å². The summed E-state index contributed by atoms with van der Waals surface area (Å²) in [4.78, 5) is 9.73. The van der Waals surface area contributed by atoms with Crippen LogP contribution in [0.15, 0.2) is 12.1 Å². The first kappa shape index (κ1) is 13.8. The van der Waals surface area contributed by atoms with Crippen LogP contribution < -0.4 is 4.74 Å². The highest BCUT2D eigenvalue weighted by molar-refractivity contribution is 5.25. The number of nitrogens with zero attached hydrogens (tertiary/aromatic N) is 3. The molecule has 2 unspecified atom stereocenters. The lowest BCUT2D eigenvalue weighted by molar-refractivity contribution is -0.0836. The lowest BCUT2D eigenvalue weighted by atomic mass is 9.86.